The van der Waals surface area contributed by atoms with Crippen LogP contribution in [0.4, 0.5) is 4.39 Å². The minimum Gasteiger partial charge on any atom is -0.481 e. The number of nitrogens with zero attached hydrogens (tertiary/aromatic N) is 5. The van der Waals surface area contributed by atoms with Gasteiger partial charge in [0.15, 0.2) is 0 Å². The van der Waals surface area contributed by atoms with E-state index in [1.165, 1.54) is 6.07 Å². The molecule has 0 radical (unpaired) electrons. The van der Waals surface area contributed by atoms with Crippen LogP contribution in [-0.4, -0.2) is 47.1 Å². The fraction of sp³-hybridized carbons (Fsp3) is 0.320. The zero-order valence-electron chi connectivity index (χ0n) is 19.4. The number of halogens is 1. The van der Waals surface area contributed by atoms with Crippen molar-refractivity contribution in [2.75, 3.05) is 0 Å². The fourth-order valence-corrected chi connectivity index (χ4v) is 4.14. The summed E-state index contributed by atoms with van der Waals surface area (Å²) in [5.74, 6) is -2.77. The molecule has 0 unspecified atom stereocenters. The molecule has 2 atom stereocenters. The molecule has 2 N–H and O–H groups in total. The number of aliphatic hydroxyl groups is 1. The second-order valence-electron chi connectivity index (χ2n) is 8.64. The zero-order chi connectivity index (χ0) is 25.1. The molecule has 0 aliphatic rings. The second-order valence-corrected chi connectivity index (χ2v) is 8.64. The fourth-order valence-electron chi connectivity index (χ4n) is 4.14. The highest BCUT2D eigenvalue weighted by Crippen LogP contribution is 2.23. The summed E-state index contributed by atoms with van der Waals surface area (Å²) in [5, 5.41) is 32.7. The van der Waals surface area contributed by atoms with Crippen LogP contribution in [-0.2, 0) is 24.8 Å². The molecular formula is C25H26FN5O4. The van der Waals surface area contributed by atoms with Gasteiger partial charge in [0.2, 0.25) is 0 Å². The van der Waals surface area contributed by atoms with E-state index in [2.05, 4.69) is 15.4 Å². The third-order valence-electron chi connectivity index (χ3n) is 6.19. The van der Waals surface area contributed by atoms with Crippen molar-refractivity contribution in [3.05, 3.63) is 76.1 Å². The normalized spacial score (nSPS) is 13.1. The Morgan fingerprint density at radius 2 is 1.97 bits per heavy atom. The van der Waals surface area contributed by atoms with Crippen LogP contribution in [0.2, 0.25) is 0 Å². The molecule has 0 spiro atoms. The summed E-state index contributed by atoms with van der Waals surface area (Å²) in [4.78, 5) is 24.5. The summed E-state index contributed by atoms with van der Waals surface area (Å²) in [6.07, 6.45) is 2.39. The summed E-state index contributed by atoms with van der Waals surface area (Å²) in [7, 11) is 1.78. The van der Waals surface area contributed by atoms with E-state index in [1.54, 1.807) is 48.4 Å². The first-order chi connectivity index (χ1) is 16.7. The molecule has 4 rings (SSSR count). The number of hydrogen-bond acceptors (Lipinski definition) is 6. The van der Waals surface area contributed by atoms with Gasteiger partial charge in [0.05, 0.1) is 23.6 Å². The lowest BCUT2D eigenvalue weighted by Crippen LogP contribution is -2.32. The molecule has 0 fully saturated rings. The molecular weight excluding hydrogens is 453 g/mol. The Morgan fingerprint density at radius 3 is 2.66 bits per heavy atom. The number of hydrogen-bond donors (Lipinski definition) is 2. The van der Waals surface area contributed by atoms with Gasteiger partial charge in [0, 0.05) is 25.4 Å². The molecule has 0 saturated heterocycles. The van der Waals surface area contributed by atoms with Crippen molar-refractivity contribution < 1.29 is 19.4 Å². The maximum absolute atomic E-state index is 14.6. The van der Waals surface area contributed by atoms with Crippen LogP contribution in [0.5, 0.6) is 0 Å². The van der Waals surface area contributed by atoms with Crippen molar-refractivity contribution in [3.63, 3.8) is 0 Å². The number of aliphatic carboxylic acids is 1. The molecule has 9 nitrogen and oxygen atoms in total. The molecule has 10 heteroatoms. The third kappa shape index (κ3) is 5.27. The molecule has 2 aromatic carbocycles. The Labute approximate surface area is 200 Å². The predicted octanol–water partition coefficient (Wildman–Crippen LogP) is 2.72. The van der Waals surface area contributed by atoms with Crippen molar-refractivity contribution in [1.29, 1.82) is 0 Å². The molecule has 2 aromatic heterocycles. The molecule has 35 heavy (non-hydrogen) atoms. The van der Waals surface area contributed by atoms with Gasteiger partial charge in [-0.2, -0.15) is 5.10 Å². The maximum atomic E-state index is 14.6. The quantitative estimate of drug-likeness (QED) is 0.378. The van der Waals surface area contributed by atoms with Gasteiger partial charge in [-0.25, -0.2) is 9.07 Å². The van der Waals surface area contributed by atoms with E-state index in [0.717, 1.165) is 15.8 Å². The van der Waals surface area contributed by atoms with E-state index in [0.29, 0.717) is 22.0 Å². The predicted molar refractivity (Wildman–Crippen MR) is 127 cm³/mol. The topological polar surface area (TPSA) is 123 Å². The number of rotatable bonds is 9. The number of fused-ring (bicyclic) bond motifs is 1. The second kappa shape index (κ2) is 10.1. The standard InChI is InChI=1S/C25H26FN5O4/c1-15-4-3-5-20-23(15)28-29-31(24(20)33)11-10-19(25(34)35)22(32)9-8-16-6-7-17(12-21(16)26)18-13-27-30(2)14-18/h3-7,12-14,19,22,32H,8-11H2,1-2H3,(H,34,35)/t19-,22+/m0/s1. The molecule has 4 aromatic rings. The van der Waals surface area contributed by atoms with Gasteiger partial charge in [-0.1, -0.05) is 29.5 Å². The van der Waals surface area contributed by atoms with Crippen LogP contribution in [0.15, 0.2) is 53.6 Å². The lowest BCUT2D eigenvalue weighted by atomic mass is 9.93. The van der Waals surface area contributed by atoms with Gasteiger partial charge in [0.1, 0.15) is 11.3 Å². The lowest BCUT2D eigenvalue weighted by molar-refractivity contribution is -0.146. The van der Waals surface area contributed by atoms with E-state index in [1.807, 2.05) is 13.0 Å². The van der Waals surface area contributed by atoms with Gasteiger partial charge < -0.3 is 10.2 Å². The van der Waals surface area contributed by atoms with Crippen molar-refractivity contribution in [1.82, 2.24) is 24.8 Å². The molecule has 0 aliphatic heterocycles. The SMILES string of the molecule is Cc1cccc2c(=O)n(CC[C@H](C(=O)O)[C@H](O)CCc3ccc(-c4cnn(C)c4)cc3F)nnc12. The summed E-state index contributed by atoms with van der Waals surface area (Å²) in [6, 6.07) is 10.0. The van der Waals surface area contributed by atoms with Crippen LogP contribution >= 0.6 is 0 Å². The first kappa shape index (κ1) is 24.2. The number of carboxylic acid groups (broad SMARTS) is 1. The maximum Gasteiger partial charge on any atom is 0.309 e. The number of benzene rings is 2. The largest absolute Gasteiger partial charge is 0.481 e. The molecule has 0 aliphatic carbocycles. The first-order valence-corrected chi connectivity index (χ1v) is 11.3. The molecule has 182 valence electrons. The third-order valence-corrected chi connectivity index (χ3v) is 6.19. The first-order valence-electron chi connectivity index (χ1n) is 11.3. The Balaban J connectivity index is 1.42. The summed E-state index contributed by atoms with van der Waals surface area (Å²) in [6.45, 7) is 1.81. The highest BCUT2D eigenvalue weighted by atomic mass is 19.1. The van der Waals surface area contributed by atoms with E-state index in [9.17, 15) is 24.2 Å². The van der Waals surface area contributed by atoms with Crippen LogP contribution in [0, 0.1) is 18.7 Å². The van der Waals surface area contributed by atoms with Gasteiger partial charge >= 0.3 is 5.97 Å². The summed E-state index contributed by atoms with van der Waals surface area (Å²) in [5.41, 5.74) is 2.80. The van der Waals surface area contributed by atoms with Crippen LogP contribution in [0.1, 0.15) is 24.0 Å². The van der Waals surface area contributed by atoms with Crippen LogP contribution < -0.4 is 5.56 Å². The lowest BCUT2D eigenvalue weighted by Gasteiger charge is -2.19. The van der Waals surface area contributed by atoms with Crippen molar-refractivity contribution in [3.8, 4) is 11.1 Å². The van der Waals surface area contributed by atoms with Gasteiger partial charge in [-0.3, -0.25) is 14.3 Å². The Bertz CT molecular complexity index is 1430. The highest BCUT2D eigenvalue weighted by molar-refractivity contribution is 5.79. The van der Waals surface area contributed by atoms with Crippen LogP contribution in [0.25, 0.3) is 22.0 Å². The van der Waals surface area contributed by atoms with Gasteiger partial charge in [0.25, 0.3) is 5.56 Å². The number of aryl methyl sites for hydroxylation is 4. The summed E-state index contributed by atoms with van der Waals surface area (Å²) < 4.78 is 17.4. The van der Waals surface area contributed by atoms with Crippen molar-refractivity contribution >= 4 is 16.9 Å². The molecule has 0 saturated carbocycles. The molecule has 0 amide bonds. The zero-order valence-corrected chi connectivity index (χ0v) is 19.4. The van der Waals surface area contributed by atoms with E-state index in [4.69, 9.17) is 0 Å². The van der Waals surface area contributed by atoms with Crippen molar-refractivity contribution in [2.24, 2.45) is 13.0 Å². The van der Waals surface area contributed by atoms with Gasteiger partial charge in [-0.15, -0.1) is 5.10 Å². The van der Waals surface area contributed by atoms with Crippen molar-refractivity contribution in [2.45, 2.75) is 38.8 Å². The highest BCUT2D eigenvalue weighted by Gasteiger charge is 2.27. The summed E-state index contributed by atoms with van der Waals surface area (Å²) >= 11 is 0. The number of carbonyl (C=O) groups is 1. The molecule has 2 heterocycles. The minimum atomic E-state index is -1.23. The smallest absolute Gasteiger partial charge is 0.309 e. The number of aliphatic hydroxyl groups excluding tert-OH is 1. The van der Waals surface area contributed by atoms with Gasteiger partial charge in [-0.05, 0) is 55.0 Å². The number of carboxylic acids is 1. The average molecular weight is 480 g/mol. The minimum absolute atomic E-state index is 0.0160. The van der Waals surface area contributed by atoms with E-state index >= 15 is 0 Å². The molecule has 0 bridgehead atoms. The Morgan fingerprint density at radius 1 is 1.17 bits per heavy atom. The number of aromatic nitrogens is 5. The Hall–Kier alpha value is -3.92. The van der Waals surface area contributed by atoms with Crippen LogP contribution in [0.3, 0.4) is 0 Å². The monoisotopic (exact) mass is 479 g/mol. The van der Waals surface area contributed by atoms with E-state index in [-0.39, 0.29) is 31.4 Å². The van der Waals surface area contributed by atoms with E-state index < -0.39 is 23.8 Å². The average Bonchev–Trinajstić information content (AvgIpc) is 3.26. The Kier molecular flexibility index (Phi) is 7.02.